The standard InChI is InChI=1S/C24H25NO5/c1-28-20-7-5-4-6-16(20)17-13-23(27)25-18-10-15(11-19(26)24(17)18)14-8-9-21(29-2)22(12-14)30-3/h4-9,12,15,17H,10-11,13H2,1-3H3,(H,25,27)/t15-,17-/m1/s1. The second-order valence-electron chi connectivity index (χ2n) is 7.58. The minimum Gasteiger partial charge on any atom is -0.496 e. The van der Waals surface area contributed by atoms with E-state index in [2.05, 4.69) is 5.32 Å². The molecule has 6 nitrogen and oxygen atoms in total. The molecule has 0 unspecified atom stereocenters. The van der Waals surface area contributed by atoms with Crippen LogP contribution in [0.25, 0.3) is 0 Å². The molecule has 30 heavy (non-hydrogen) atoms. The monoisotopic (exact) mass is 407 g/mol. The van der Waals surface area contributed by atoms with Crippen LogP contribution < -0.4 is 19.5 Å². The predicted octanol–water partition coefficient (Wildman–Crippen LogP) is 3.72. The minimum absolute atomic E-state index is 0.0345. The average molecular weight is 407 g/mol. The number of nitrogens with one attached hydrogen (secondary N) is 1. The summed E-state index contributed by atoms with van der Waals surface area (Å²) < 4.78 is 16.2. The number of Topliss-reactive ketones (excluding diaryl/α,β-unsaturated/α-hetero) is 1. The van der Waals surface area contributed by atoms with Gasteiger partial charge in [-0.3, -0.25) is 9.59 Å². The number of para-hydroxylation sites is 1. The molecule has 2 aromatic rings. The molecule has 0 spiro atoms. The van der Waals surface area contributed by atoms with Gasteiger partial charge in [0.2, 0.25) is 5.91 Å². The first-order valence-electron chi connectivity index (χ1n) is 9.96. The Morgan fingerprint density at radius 2 is 1.57 bits per heavy atom. The van der Waals surface area contributed by atoms with Crippen molar-refractivity contribution >= 4 is 11.7 Å². The van der Waals surface area contributed by atoms with E-state index in [-0.39, 0.29) is 29.9 Å². The van der Waals surface area contributed by atoms with Crippen molar-refractivity contribution in [1.82, 2.24) is 5.32 Å². The van der Waals surface area contributed by atoms with Crippen LogP contribution in [0.5, 0.6) is 17.2 Å². The van der Waals surface area contributed by atoms with Crippen LogP contribution >= 0.6 is 0 Å². The average Bonchev–Trinajstić information content (AvgIpc) is 2.77. The molecule has 6 heteroatoms. The predicted molar refractivity (Wildman–Crippen MR) is 112 cm³/mol. The highest BCUT2D eigenvalue weighted by atomic mass is 16.5. The Hall–Kier alpha value is -3.28. The van der Waals surface area contributed by atoms with Crippen molar-refractivity contribution in [2.45, 2.75) is 31.1 Å². The summed E-state index contributed by atoms with van der Waals surface area (Å²) in [5.74, 6) is 1.63. The molecule has 4 rings (SSSR count). The number of allylic oxidation sites excluding steroid dienone is 2. The van der Waals surface area contributed by atoms with Crippen molar-refractivity contribution in [3.8, 4) is 17.2 Å². The van der Waals surface area contributed by atoms with Gasteiger partial charge in [0.05, 0.1) is 21.3 Å². The van der Waals surface area contributed by atoms with E-state index in [0.717, 1.165) is 16.8 Å². The third-order valence-corrected chi connectivity index (χ3v) is 5.93. The molecule has 1 aliphatic carbocycles. The van der Waals surface area contributed by atoms with E-state index in [1.165, 1.54) is 0 Å². The molecule has 2 aliphatic rings. The van der Waals surface area contributed by atoms with Gasteiger partial charge in [-0.15, -0.1) is 0 Å². The summed E-state index contributed by atoms with van der Waals surface area (Å²) in [5.41, 5.74) is 3.29. The van der Waals surface area contributed by atoms with E-state index in [4.69, 9.17) is 14.2 Å². The van der Waals surface area contributed by atoms with Gasteiger partial charge in [0, 0.05) is 35.6 Å². The van der Waals surface area contributed by atoms with Gasteiger partial charge in [0.15, 0.2) is 17.3 Å². The topological polar surface area (TPSA) is 73.9 Å². The maximum absolute atomic E-state index is 13.3. The Morgan fingerprint density at radius 3 is 2.30 bits per heavy atom. The zero-order chi connectivity index (χ0) is 21.3. The van der Waals surface area contributed by atoms with Gasteiger partial charge in [0.1, 0.15) is 5.75 Å². The van der Waals surface area contributed by atoms with E-state index in [0.29, 0.717) is 35.7 Å². The van der Waals surface area contributed by atoms with E-state index in [1.54, 1.807) is 21.3 Å². The van der Waals surface area contributed by atoms with Crippen molar-refractivity contribution in [3.63, 3.8) is 0 Å². The number of ether oxygens (including phenoxy) is 3. The molecule has 1 heterocycles. The highest BCUT2D eigenvalue weighted by molar-refractivity contribution is 6.02. The fourth-order valence-corrected chi connectivity index (χ4v) is 4.52. The Kier molecular flexibility index (Phi) is 5.48. The lowest BCUT2D eigenvalue weighted by Gasteiger charge is -2.35. The maximum Gasteiger partial charge on any atom is 0.225 e. The molecule has 1 N–H and O–H groups in total. The number of carbonyl (C=O) groups excluding carboxylic acids is 2. The quantitative estimate of drug-likeness (QED) is 0.818. The van der Waals surface area contributed by atoms with Gasteiger partial charge in [-0.1, -0.05) is 24.3 Å². The summed E-state index contributed by atoms with van der Waals surface area (Å²) in [6.07, 6.45) is 1.22. The summed E-state index contributed by atoms with van der Waals surface area (Å²) in [6, 6.07) is 13.3. The van der Waals surface area contributed by atoms with Gasteiger partial charge in [-0.25, -0.2) is 0 Å². The van der Waals surface area contributed by atoms with Crippen LogP contribution in [0, 0.1) is 0 Å². The van der Waals surface area contributed by atoms with E-state index >= 15 is 0 Å². The molecule has 0 saturated carbocycles. The fourth-order valence-electron chi connectivity index (χ4n) is 4.52. The Morgan fingerprint density at radius 1 is 0.833 bits per heavy atom. The van der Waals surface area contributed by atoms with Gasteiger partial charge in [-0.2, -0.15) is 0 Å². The first-order chi connectivity index (χ1) is 14.5. The van der Waals surface area contributed by atoms with Crippen LogP contribution in [-0.2, 0) is 9.59 Å². The molecule has 0 saturated heterocycles. The molecule has 2 aromatic carbocycles. The minimum atomic E-state index is -0.288. The van der Waals surface area contributed by atoms with Crippen LogP contribution in [-0.4, -0.2) is 33.0 Å². The molecular weight excluding hydrogens is 382 g/mol. The number of benzene rings is 2. The number of hydrogen-bond acceptors (Lipinski definition) is 5. The van der Waals surface area contributed by atoms with Crippen LogP contribution in [0.1, 0.15) is 42.2 Å². The normalized spacial score (nSPS) is 21.0. The Bertz CT molecular complexity index is 1030. The van der Waals surface area contributed by atoms with E-state index < -0.39 is 0 Å². The second-order valence-corrected chi connectivity index (χ2v) is 7.58. The van der Waals surface area contributed by atoms with Crippen molar-refractivity contribution < 1.29 is 23.8 Å². The molecule has 0 radical (unpaired) electrons. The SMILES string of the molecule is COc1ccc([C@H]2CC(=O)C3=C(C2)NC(=O)C[C@@H]3c2ccccc2OC)cc1OC. The first kappa shape index (κ1) is 20.0. The number of rotatable bonds is 5. The zero-order valence-corrected chi connectivity index (χ0v) is 17.4. The fraction of sp³-hybridized carbons (Fsp3) is 0.333. The van der Waals surface area contributed by atoms with Crippen LogP contribution in [0.15, 0.2) is 53.7 Å². The maximum atomic E-state index is 13.3. The van der Waals surface area contributed by atoms with Gasteiger partial charge >= 0.3 is 0 Å². The smallest absolute Gasteiger partial charge is 0.225 e. The van der Waals surface area contributed by atoms with Crippen molar-refractivity contribution in [2.24, 2.45) is 0 Å². The van der Waals surface area contributed by atoms with Crippen molar-refractivity contribution in [1.29, 1.82) is 0 Å². The first-order valence-corrected chi connectivity index (χ1v) is 9.96. The molecule has 2 atom stereocenters. The van der Waals surface area contributed by atoms with Gasteiger partial charge in [0.25, 0.3) is 0 Å². The highest BCUT2D eigenvalue weighted by Gasteiger charge is 2.39. The lowest BCUT2D eigenvalue weighted by Crippen LogP contribution is -2.38. The number of methoxy groups -OCH3 is 3. The Labute approximate surface area is 175 Å². The summed E-state index contributed by atoms with van der Waals surface area (Å²) in [7, 11) is 4.79. The molecule has 1 amide bonds. The largest absolute Gasteiger partial charge is 0.496 e. The van der Waals surface area contributed by atoms with Crippen molar-refractivity contribution in [2.75, 3.05) is 21.3 Å². The molecular formula is C24H25NO5. The second kappa shape index (κ2) is 8.22. The number of ketones is 1. The molecule has 156 valence electrons. The summed E-state index contributed by atoms with van der Waals surface area (Å²) in [5, 5.41) is 2.96. The number of amides is 1. The summed E-state index contributed by atoms with van der Waals surface area (Å²) in [4.78, 5) is 25.8. The zero-order valence-electron chi connectivity index (χ0n) is 17.4. The molecule has 0 aromatic heterocycles. The van der Waals surface area contributed by atoms with Gasteiger partial charge < -0.3 is 19.5 Å². The Balaban J connectivity index is 1.71. The van der Waals surface area contributed by atoms with Crippen LogP contribution in [0.4, 0.5) is 0 Å². The molecule has 0 fully saturated rings. The van der Waals surface area contributed by atoms with E-state index in [9.17, 15) is 9.59 Å². The molecule has 1 aliphatic heterocycles. The van der Waals surface area contributed by atoms with Crippen LogP contribution in [0.2, 0.25) is 0 Å². The van der Waals surface area contributed by atoms with Crippen molar-refractivity contribution in [3.05, 3.63) is 64.9 Å². The van der Waals surface area contributed by atoms with Gasteiger partial charge in [-0.05, 0) is 36.1 Å². The van der Waals surface area contributed by atoms with Crippen LogP contribution in [0.3, 0.4) is 0 Å². The number of hydrogen-bond donors (Lipinski definition) is 1. The highest BCUT2D eigenvalue weighted by Crippen LogP contribution is 2.45. The lowest BCUT2D eigenvalue weighted by molar-refractivity contribution is -0.122. The summed E-state index contributed by atoms with van der Waals surface area (Å²) >= 11 is 0. The molecule has 0 bridgehead atoms. The van der Waals surface area contributed by atoms with E-state index in [1.807, 2.05) is 42.5 Å². The third-order valence-electron chi connectivity index (χ3n) is 5.93. The summed E-state index contributed by atoms with van der Waals surface area (Å²) in [6.45, 7) is 0. The number of carbonyl (C=O) groups is 2. The lowest BCUT2D eigenvalue weighted by atomic mass is 9.73. The third kappa shape index (κ3) is 3.54.